The SMILES string of the molecule is COC(=O)COc1ccc(/C=N\NC(=O)COc2ccc(OC)cc2)cc1. The number of carbonyl (C=O) groups is 2. The van der Waals surface area contributed by atoms with Crippen LogP contribution in [-0.2, 0) is 14.3 Å². The zero-order valence-electron chi connectivity index (χ0n) is 15.0. The molecule has 0 saturated carbocycles. The third-order valence-corrected chi connectivity index (χ3v) is 3.30. The Morgan fingerprint density at radius 1 is 0.889 bits per heavy atom. The molecule has 0 spiro atoms. The highest BCUT2D eigenvalue weighted by Gasteiger charge is 2.03. The number of carbonyl (C=O) groups excluding carboxylic acids is 2. The van der Waals surface area contributed by atoms with E-state index in [4.69, 9.17) is 14.2 Å². The number of hydrazone groups is 1. The molecule has 0 radical (unpaired) electrons. The van der Waals surface area contributed by atoms with Gasteiger partial charge in [0.05, 0.1) is 20.4 Å². The van der Waals surface area contributed by atoms with Gasteiger partial charge in [0, 0.05) is 0 Å². The lowest BCUT2D eigenvalue weighted by Crippen LogP contribution is -2.24. The zero-order valence-corrected chi connectivity index (χ0v) is 15.0. The van der Waals surface area contributed by atoms with Crippen LogP contribution >= 0.6 is 0 Å². The first-order chi connectivity index (χ1) is 13.1. The lowest BCUT2D eigenvalue weighted by atomic mass is 10.2. The van der Waals surface area contributed by atoms with Crippen molar-refractivity contribution in [3.63, 3.8) is 0 Å². The van der Waals surface area contributed by atoms with Crippen LogP contribution in [0.25, 0.3) is 0 Å². The average Bonchev–Trinajstić information content (AvgIpc) is 2.71. The maximum atomic E-state index is 11.7. The molecule has 2 aromatic rings. The fourth-order valence-electron chi connectivity index (χ4n) is 1.88. The first-order valence-corrected chi connectivity index (χ1v) is 7.99. The number of nitrogens with zero attached hydrogens (tertiary/aromatic N) is 1. The van der Waals surface area contributed by atoms with Gasteiger partial charge in [0.15, 0.2) is 13.2 Å². The van der Waals surface area contributed by atoms with Crippen LogP contribution in [0.4, 0.5) is 0 Å². The van der Waals surface area contributed by atoms with Crippen molar-refractivity contribution < 1.29 is 28.5 Å². The minimum atomic E-state index is -0.458. The van der Waals surface area contributed by atoms with Crippen molar-refractivity contribution in [1.82, 2.24) is 5.43 Å². The number of amides is 1. The monoisotopic (exact) mass is 372 g/mol. The Bertz CT molecular complexity index is 772. The average molecular weight is 372 g/mol. The summed E-state index contributed by atoms with van der Waals surface area (Å²) in [7, 11) is 2.87. The van der Waals surface area contributed by atoms with Crippen molar-refractivity contribution in [2.45, 2.75) is 0 Å². The topological polar surface area (TPSA) is 95.5 Å². The van der Waals surface area contributed by atoms with E-state index in [9.17, 15) is 9.59 Å². The summed E-state index contributed by atoms with van der Waals surface area (Å²) in [4.78, 5) is 22.7. The van der Waals surface area contributed by atoms with Crippen molar-refractivity contribution in [2.75, 3.05) is 27.4 Å². The molecule has 0 unspecified atom stereocenters. The van der Waals surface area contributed by atoms with Crippen LogP contribution in [0.1, 0.15) is 5.56 Å². The number of nitrogens with one attached hydrogen (secondary N) is 1. The molecule has 0 aliphatic heterocycles. The van der Waals surface area contributed by atoms with Crippen molar-refractivity contribution in [1.29, 1.82) is 0 Å². The fourth-order valence-corrected chi connectivity index (χ4v) is 1.88. The molecule has 0 bridgehead atoms. The van der Waals surface area contributed by atoms with Crippen LogP contribution in [0.5, 0.6) is 17.2 Å². The van der Waals surface area contributed by atoms with Gasteiger partial charge >= 0.3 is 5.97 Å². The van der Waals surface area contributed by atoms with Crippen molar-refractivity contribution >= 4 is 18.1 Å². The summed E-state index contributed by atoms with van der Waals surface area (Å²) in [6.07, 6.45) is 1.48. The Balaban J connectivity index is 1.73. The number of hydrogen-bond acceptors (Lipinski definition) is 7. The number of hydrogen-bond donors (Lipinski definition) is 1. The van der Waals surface area contributed by atoms with Gasteiger partial charge in [0.1, 0.15) is 17.2 Å². The van der Waals surface area contributed by atoms with Crippen LogP contribution in [0, 0.1) is 0 Å². The Labute approximate surface area is 156 Å². The molecule has 0 atom stereocenters. The molecule has 0 aliphatic rings. The lowest BCUT2D eigenvalue weighted by molar-refractivity contribution is -0.142. The van der Waals surface area contributed by atoms with Gasteiger partial charge in [-0.15, -0.1) is 0 Å². The van der Waals surface area contributed by atoms with Gasteiger partial charge in [0.2, 0.25) is 0 Å². The summed E-state index contributed by atoms with van der Waals surface area (Å²) in [6.45, 7) is -0.321. The van der Waals surface area contributed by atoms with E-state index in [1.807, 2.05) is 0 Å². The van der Waals surface area contributed by atoms with E-state index in [-0.39, 0.29) is 19.1 Å². The Hall–Kier alpha value is -3.55. The molecule has 2 rings (SSSR count). The predicted molar refractivity (Wildman–Crippen MR) is 98.2 cm³/mol. The third-order valence-electron chi connectivity index (χ3n) is 3.30. The lowest BCUT2D eigenvalue weighted by Gasteiger charge is -2.06. The predicted octanol–water partition coefficient (Wildman–Crippen LogP) is 1.78. The fraction of sp³-hybridized carbons (Fsp3) is 0.211. The highest BCUT2D eigenvalue weighted by atomic mass is 16.6. The van der Waals surface area contributed by atoms with E-state index in [1.54, 1.807) is 55.6 Å². The van der Waals surface area contributed by atoms with Gasteiger partial charge in [-0.3, -0.25) is 4.79 Å². The molecule has 0 heterocycles. The largest absolute Gasteiger partial charge is 0.497 e. The van der Waals surface area contributed by atoms with E-state index < -0.39 is 5.97 Å². The third kappa shape index (κ3) is 7.07. The Morgan fingerprint density at radius 2 is 1.44 bits per heavy atom. The molecule has 1 amide bonds. The maximum absolute atomic E-state index is 11.7. The molecule has 8 nitrogen and oxygen atoms in total. The molecular weight excluding hydrogens is 352 g/mol. The number of benzene rings is 2. The molecule has 0 fully saturated rings. The smallest absolute Gasteiger partial charge is 0.343 e. The van der Waals surface area contributed by atoms with Gasteiger partial charge in [-0.1, -0.05) is 0 Å². The standard InChI is InChI=1S/C19H20N2O6/c1-24-15-7-9-17(10-8-15)26-12-18(22)21-20-11-14-3-5-16(6-4-14)27-13-19(23)25-2/h3-11H,12-13H2,1-2H3,(H,21,22)/b20-11-. The number of rotatable bonds is 9. The van der Waals surface area contributed by atoms with Crippen LogP contribution in [0.15, 0.2) is 53.6 Å². The van der Waals surface area contributed by atoms with Crippen LogP contribution < -0.4 is 19.6 Å². The van der Waals surface area contributed by atoms with E-state index in [0.29, 0.717) is 17.2 Å². The van der Waals surface area contributed by atoms with E-state index in [1.165, 1.54) is 13.3 Å². The molecule has 0 aromatic heterocycles. The molecule has 142 valence electrons. The van der Waals surface area contributed by atoms with Crippen molar-refractivity contribution in [3.8, 4) is 17.2 Å². The number of esters is 1. The van der Waals surface area contributed by atoms with Crippen LogP contribution in [0.3, 0.4) is 0 Å². The van der Waals surface area contributed by atoms with Gasteiger partial charge in [-0.2, -0.15) is 5.10 Å². The molecule has 0 aliphatic carbocycles. The zero-order chi connectivity index (χ0) is 19.5. The Kier molecular flexibility index (Phi) is 7.65. The molecule has 27 heavy (non-hydrogen) atoms. The summed E-state index contributed by atoms with van der Waals surface area (Å²) < 4.78 is 20.1. The quantitative estimate of drug-likeness (QED) is 0.410. The minimum Gasteiger partial charge on any atom is -0.497 e. The molecule has 8 heteroatoms. The second kappa shape index (κ2) is 10.4. The highest BCUT2D eigenvalue weighted by molar-refractivity contribution is 5.83. The Morgan fingerprint density at radius 3 is 2.04 bits per heavy atom. The van der Waals surface area contributed by atoms with Crippen LogP contribution in [0.2, 0.25) is 0 Å². The first kappa shape index (κ1) is 19.8. The summed E-state index contributed by atoms with van der Waals surface area (Å²) in [5, 5.41) is 3.86. The van der Waals surface area contributed by atoms with Gasteiger partial charge < -0.3 is 18.9 Å². The van der Waals surface area contributed by atoms with Gasteiger partial charge in [-0.05, 0) is 54.1 Å². The second-order valence-electron chi connectivity index (χ2n) is 5.19. The maximum Gasteiger partial charge on any atom is 0.343 e. The van der Waals surface area contributed by atoms with Crippen LogP contribution in [-0.4, -0.2) is 45.5 Å². The second-order valence-corrected chi connectivity index (χ2v) is 5.19. The normalized spacial score (nSPS) is 10.3. The highest BCUT2D eigenvalue weighted by Crippen LogP contribution is 2.16. The minimum absolute atomic E-state index is 0.159. The summed E-state index contributed by atoms with van der Waals surface area (Å²) >= 11 is 0. The van der Waals surface area contributed by atoms with Gasteiger partial charge in [0.25, 0.3) is 5.91 Å². The van der Waals surface area contributed by atoms with Gasteiger partial charge in [-0.25, -0.2) is 10.2 Å². The van der Waals surface area contributed by atoms with E-state index in [2.05, 4.69) is 15.3 Å². The van der Waals surface area contributed by atoms with Crippen molar-refractivity contribution in [2.24, 2.45) is 5.10 Å². The van der Waals surface area contributed by atoms with Crippen molar-refractivity contribution in [3.05, 3.63) is 54.1 Å². The summed E-state index contributed by atoms with van der Waals surface area (Å²) in [5.41, 5.74) is 3.12. The summed E-state index contributed by atoms with van der Waals surface area (Å²) in [5.74, 6) is 0.936. The molecule has 1 N–H and O–H groups in total. The number of methoxy groups -OCH3 is 2. The number of ether oxygens (including phenoxy) is 4. The molecular formula is C19H20N2O6. The van der Waals surface area contributed by atoms with E-state index >= 15 is 0 Å². The van der Waals surface area contributed by atoms with E-state index in [0.717, 1.165) is 5.56 Å². The molecule has 2 aromatic carbocycles. The molecule has 0 saturated heterocycles. The summed E-state index contributed by atoms with van der Waals surface area (Å²) in [6, 6.07) is 13.7. The first-order valence-electron chi connectivity index (χ1n) is 7.99.